The third-order valence-electron chi connectivity index (χ3n) is 3.16. The van der Waals surface area contributed by atoms with E-state index in [4.69, 9.17) is 4.74 Å². The molecule has 0 bridgehead atoms. The third-order valence-corrected chi connectivity index (χ3v) is 4.44. The molecule has 1 aliphatic carbocycles. The van der Waals surface area contributed by atoms with Crippen LogP contribution in [0.5, 0.6) is 5.75 Å². The number of thiophene rings is 1. The number of rotatable bonds is 1. The first kappa shape index (κ1) is 9.22. The fourth-order valence-corrected chi connectivity index (χ4v) is 3.64. The van der Waals surface area contributed by atoms with Gasteiger partial charge in [-0.15, -0.1) is 11.3 Å². The number of aryl methyl sites for hydroxylation is 2. The highest BCUT2D eigenvalue weighted by Gasteiger charge is 2.15. The van der Waals surface area contributed by atoms with Gasteiger partial charge in [-0.25, -0.2) is 0 Å². The van der Waals surface area contributed by atoms with Crippen LogP contribution in [0.25, 0.3) is 10.1 Å². The Morgan fingerprint density at radius 1 is 1.20 bits per heavy atom. The fraction of sp³-hybridized carbons (Fsp3) is 0.385. The van der Waals surface area contributed by atoms with Gasteiger partial charge >= 0.3 is 0 Å². The lowest BCUT2D eigenvalue weighted by molar-refractivity contribution is 0.415. The number of benzene rings is 1. The van der Waals surface area contributed by atoms with E-state index in [1.54, 1.807) is 17.6 Å². The summed E-state index contributed by atoms with van der Waals surface area (Å²) in [6, 6.07) is 6.44. The van der Waals surface area contributed by atoms with Crippen molar-refractivity contribution < 1.29 is 4.74 Å². The maximum absolute atomic E-state index is 5.29. The number of methoxy groups -OCH3 is 1. The Hall–Kier alpha value is -1.02. The molecule has 2 aromatic rings. The number of ether oxygens (including phenoxy) is 1. The van der Waals surface area contributed by atoms with Crippen LogP contribution < -0.4 is 4.74 Å². The van der Waals surface area contributed by atoms with Crippen molar-refractivity contribution >= 4 is 21.4 Å². The van der Waals surface area contributed by atoms with Crippen LogP contribution in [0.3, 0.4) is 0 Å². The van der Waals surface area contributed by atoms with E-state index in [1.807, 2.05) is 11.3 Å². The van der Waals surface area contributed by atoms with E-state index in [9.17, 15) is 0 Å². The molecule has 1 aromatic heterocycles. The van der Waals surface area contributed by atoms with Crippen molar-refractivity contribution in [3.8, 4) is 5.75 Å². The van der Waals surface area contributed by atoms with Gasteiger partial charge in [0.1, 0.15) is 5.75 Å². The van der Waals surface area contributed by atoms with Gasteiger partial charge in [0.25, 0.3) is 0 Å². The standard InChI is InChI=1S/C13H14OS/c1-14-9-6-7-13-11(8-9)10-4-2-3-5-12(10)15-13/h6-8H,2-5H2,1H3. The Morgan fingerprint density at radius 3 is 2.93 bits per heavy atom. The summed E-state index contributed by atoms with van der Waals surface area (Å²) >= 11 is 1.96. The van der Waals surface area contributed by atoms with Crippen LogP contribution in [0.15, 0.2) is 18.2 Å². The zero-order valence-electron chi connectivity index (χ0n) is 8.88. The van der Waals surface area contributed by atoms with E-state index in [0.29, 0.717) is 0 Å². The molecular formula is C13H14OS. The Balaban J connectivity index is 2.24. The Kier molecular flexibility index (Phi) is 2.17. The molecule has 0 unspecified atom stereocenters. The van der Waals surface area contributed by atoms with Crippen LogP contribution in [-0.4, -0.2) is 7.11 Å². The molecule has 2 heteroatoms. The van der Waals surface area contributed by atoms with Crippen molar-refractivity contribution in [3.63, 3.8) is 0 Å². The molecule has 0 saturated carbocycles. The number of hydrogen-bond donors (Lipinski definition) is 0. The molecule has 0 N–H and O–H groups in total. The Bertz CT molecular complexity index is 498. The van der Waals surface area contributed by atoms with Gasteiger partial charge in [-0.2, -0.15) is 0 Å². The van der Waals surface area contributed by atoms with Gasteiger partial charge < -0.3 is 4.74 Å². The van der Waals surface area contributed by atoms with E-state index in [1.165, 1.54) is 35.8 Å². The Labute approximate surface area is 93.7 Å². The first-order valence-electron chi connectivity index (χ1n) is 5.47. The SMILES string of the molecule is COc1ccc2sc3c(c2c1)CCCC3. The highest BCUT2D eigenvalue weighted by atomic mass is 32.1. The van der Waals surface area contributed by atoms with Crippen LogP contribution in [0.4, 0.5) is 0 Å². The normalized spacial score (nSPS) is 15.3. The smallest absolute Gasteiger partial charge is 0.119 e. The van der Waals surface area contributed by atoms with Gasteiger partial charge in [-0.1, -0.05) is 0 Å². The monoisotopic (exact) mass is 218 g/mol. The van der Waals surface area contributed by atoms with Crippen molar-refractivity contribution in [2.24, 2.45) is 0 Å². The van der Waals surface area contributed by atoms with Crippen molar-refractivity contribution in [2.75, 3.05) is 7.11 Å². The predicted molar refractivity (Wildman–Crippen MR) is 65.0 cm³/mol. The third kappa shape index (κ3) is 1.44. The molecular weight excluding hydrogens is 204 g/mol. The highest BCUT2D eigenvalue weighted by Crippen LogP contribution is 2.37. The van der Waals surface area contributed by atoms with Crippen molar-refractivity contribution in [2.45, 2.75) is 25.7 Å². The lowest BCUT2D eigenvalue weighted by atomic mass is 9.96. The van der Waals surface area contributed by atoms with E-state index >= 15 is 0 Å². The maximum Gasteiger partial charge on any atom is 0.119 e. The molecule has 0 saturated heterocycles. The van der Waals surface area contributed by atoms with Gasteiger partial charge in [-0.05, 0) is 54.8 Å². The van der Waals surface area contributed by atoms with Gasteiger partial charge in [0.2, 0.25) is 0 Å². The van der Waals surface area contributed by atoms with Crippen LogP contribution in [0, 0.1) is 0 Å². The molecule has 3 rings (SSSR count). The van der Waals surface area contributed by atoms with Gasteiger partial charge in [0, 0.05) is 9.58 Å². The van der Waals surface area contributed by atoms with Gasteiger partial charge in [-0.3, -0.25) is 0 Å². The molecule has 78 valence electrons. The molecule has 0 amide bonds. The summed E-state index contributed by atoms with van der Waals surface area (Å²) in [6.07, 6.45) is 5.23. The molecule has 1 aromatic carbocycles. The summed E-state index contributed by atoms with van der Waals surface area (Å²) in [5.41, 5.74) is 1.58. The Morgan fingerprint density at radius 2 is 2.07 bits per heavy atom. The van der Waals surface area contributed by atoms with Gasteiger partial charge in [0.05, 0.1) is 7.11 Å². The lowest BCUT2D eigenvalue weighted by Gasteiger charge is -2.10. The molecule has 15 heavy (non-hydrogen) atoms. The van der Waals surface area contributed by atoms with Crippen LogP contribution in [-0.2, 0) is 12.8 Å². The van der Waals surface area contributed by atoms with Crippen molar-refractivity contribution in [3.05, 3.63) is 28.6 Å². The van der Waals surface area contributed by atoms with Gasteiger partial charge in [0.15, 0.2) is 0 Å². The molecule has 0 aliphatic heterocycles. The zero-order chi connectivity index (χ0) is 10.3. The van der Waals surface area contributed by atoms with Crippen LogP contribution in [0.1, 0.15) is 23.3 Å². The van der Waals surface area contributed by atoms with E-state index in [2.05, 4.69) is 18.2 Å². The number of fused-ring (bicyclic) bond motifs is 3. The topological polar surface area (TPSA) is 9.23 Å². The summed E-state index contributed by atoms with van der Waals surface area (Å²) in [4.78, 5) is 1.60. The fourth-order valence-electron chi connectivity index (χ4n) is 2.37. The maximum atomic E-state index is 5.29. The average molecular weight is 218 g/mol. The first-order chi connectivity index (χ1) is 7.38. The van der Waals surface area contributed by atoms with Crippen molar-refractivity contribution in [1.82, 2.24) is 0 Å². The molecule has 1 nitrogen and oxygen atoms in total. The molecule has 0 fully saturated rings. The summed E-state index contributed by atoms with van der Waals surface area (Å²) < 4.78 is 6.71. The minimum atomic E-state index is 0.980. The second-order valence-electron chi connectivity index (χ2n) is 4.07. The summed E-state index contributed by atoms with van der Waals surface area (Å²) in [6.45, 7) is 0. The summed E-state index contributed by atoms with van der Waals surface area (Å²) in [5.74, 6) is 0.980. The summed E-state index contributed by atoms with van der Waals surface area (Å²) in [7, 11) is 1.74. The van der Waals surface area contributed by atoms with E-state index in [-0.39, 0.29) is 0 Å². The molecule has 1 heterocycles. The van der Waals surface area contributed by atoms with E-state index in [0.717, 1.165) is 5.75 Å². The molecule has 0 atom stereocenters. The molecule has 0 spiro atoms. The number of hydrogen-bond acceptors (Lipinski definition) is 2. The molecule has 1 aliphatic rings. The quantitative estimate of drug-likeness (QED) is 0.707. The predicted octanol–water partition coefficient (Wildman–Crippen LogP) is 3.79. The van der Waals surface area contributed by atoms with Crippen LogP contribution >= 0.6 is 11.3 Å². The largest absolute Gasteiger partial charge is 0.497 e. The second-order valence-corrected chi connectivity index (χ2v) is 5.21. The van der Waals surface area contributed by atoms with Crippen molar-refractivity contribution in [1.29, 1.82) is 0 Å². The van der Waals surface area contributed by atoms with Crippen LogP contribution in [0.2, 0.25) is 0 Å². The summed E-state index contributed by atoms with van der Waals surface area (Å²) in [5, 5.41) is 1.43. The minimum absolute atomic E-state index is 0.980. The second kappa shape index (κ2) is 3.53. The zero-order valence-corrected chi connectivity index (χ0v) is 9.69. The lowest BCUT2D eigenvalue weighted by Crippen LogP contribution is -1.97. The average Bonchev–Trinajstić information content (AvgIpc) is 2.66. The van der Waals surface area contributed by atoms with E-state index < -0.39 is 0 Å². The molecule has 0 radical (unpaired) electrons. The highest BCUT2D eigenvalue weighted by molar-refractivity contribution is 7.19. The minimum Gasteiger partial charge on any atom is -0.497 e. The first-order valence-corrected chi connectivity index (χ1v) is 6.28.